The van der Waals surface area contributed by atoms with Gasteiger partial charge in [-0.25, -0.2) is 0 Å². The topological polar surface area (TPSA) is 98.5 Å². The number of methoxy groups -OCH3 is 1. The molecule has 1 aromatic carbocycles. The molecular formula is C20H19ClN2O4S. The van der Waals surface area contributed by atoms with E-state index in [-0.39, 0.29) is 23.6 Å². The number of anilines is 1. The Morgan fingerprint density at radius 1 is 1.25 bits per heavy atom. The smallest absolute Gasteiger partial charge is 0.309 e. The first-order valence-corrected chi connectivity index (χ1v) is 10.2. The van der Waals surface area contributed by atoms with Crippen molar-refractivity contribution < 1.29 is 19.1 Å². The summed E-state index contributed by atoms with van der Waals surface area (Å²) in [6.07, 6.45) is 2.14. The minimum atomic E-state index is -0.853. The Morgan fingerprint density at radius 3 is 2.61 bits per heavy atom. The number of thiophene rings is 1. The normalized spacial score (nSPS) is 19.0. The number of rotatable bonds is 5. The lowest BCUT2D eigenvalue weighted by atomic mass is 9.98. The van der Waals surface area contributed by atoms with Gasteiger partial charge >= 0.3 is 5.97 Å². The van der Waals surface area contributed by atoms with Crippen molar-refractivity contribution in [1.29, 1.82) is 0 Å². The molecule has 2 aliphatic rings. The van der Waals surface area contributed by atoms with E-state index < -0.39 is 5.54 Å². The molecule has 1 amide bonds. The molecule has 1 saturated carbocycles. The second-order valence-electron chi connectivity index (χ2n) is 7.26. The first kappa shape index (κ1) is 19.1. The van der Waals surface area contributed by atoms with E-state index in [0.29, 0.717) is 46.8 Å². The van der Waals surface area contributed by atoms with Crippen LogP contribution in [0.3, 0.4) is 0 Å². The number of ether oxygens (including phenoxy) is 1. The second kappa shape index (κ2) is 6.99. The summed E-state index contributed by atoms with van der Waals surface area (Å²) in [5.74, 6) is -1.18. The molecule has 1 heterocycles. The maximum absolute atomic E-state index is 13.3. The minimum absolute atomic E-state index is 0.272. The van der Waals surface area contributed by atoms with Crippen LogP contribution in [0, 0.1) is 5.92 Å². The van der Waals surface area contributed by atoms with Gasteiger partial charge in [0.1, 0.15) is 5.00 Å². The number of nitrogens with one attached hydrogen (secondary N) is 1. The first-order valence-electron chi connectivity index (χ1n) is 8.96. The number of amides is 1. The van der Waals surface area contributed by atoms with Gasteiger partial charge in [-0.3, -0.25) is 14.4 Å². The van der Waals surface area contributed by atoms with Gasteiger partial charge in [0.15, 0.2) is 5.78 Å². The van der Waals surface area contributed by atoms with Gasteiger partial charge in [0.2, 0.25) is 5.91 Å². The zero-order chi connectivity index (χ0) is 20.1. The monoisotopic (exact) mass is 418 g/mol. The van der Waals surface area contributed by atoms with Crippen LogP contribution >= 0.6 is 22.9 Å². The molecule has 0 saturated heterocycles. The van der Waals surface area contributed by atoms with E-state index in [4.69, 9.17) is 22.1 Å². The van der Waals surface area contributed by atoms with Crippen LogP contribution in [0.25, 0.3) is 0 Å². The number of nitrogens with two attached hydrogens (primary N) is 1. The second-order valence-corrected chi connectivity index (χ2v) is 8.77. The van der Waals surface area contributed by atoms with E-state index >= 15 is 0 Å². The van der Waals surface area contributed by atoms with Crippen LogP contribution in [0.15, 0.2) is 24.3 Å². The molecule has 4 rings (SSSR count). The molecule has 146 valence electrons. The summed E-state index contributed by atoms with van der Waals surface area (Å²) in [4.78, 5) is 38.7. The number of halogens is 1. The van der Waals surface area contributed by atoms with Crippen LogP contribution in [-0.2, 0) is 27.2 Å². The van der Waals surface area contributed by atoms with Crippen molar-refractivity contribution in [2.45, 2.75) is 31.2 Å². The van der Waals surface area contributed by atoms with Gasteiger partial charge in [-0.15, -0.1) is 11.3 Å². The molecule has 2 aromatic rings. The van der Waals surface area contributed by atoms with Crippen molar-refractivity contribution >= 4 is 45.6 Å². The Kier molecular flexibility index (Phi) is 4.77. The van der Waals surface area contributed by atoms with Gasteiger partial charge in [0.05, 0.1) is 29.2 Å². The van der Waals surface area contributed by atoms with Crippen LogP contribution < -0.4 is 11.1 Å². The SMILES string of the molecule is COC(=O)C1Cc2sc(NC(=O)C3(N)CC3)c(C(=O)c3ccccc3Cl)c2C1. The van der Waals surface area contributed by atoms with Gasteiger partial charge in [-0.2, -0.15) is 0 Å². The standard InChI is InChI=1S/C20H19ClN2O4S/c1-27-18(25)10-8-12-14(9-10)28-17(23-19(26)20(22)6-7-20)15(12)16(24)11-4-2-3-5-13(11)21/h2-5,10H,6-9,22H2,1H3,(H,23,26). The number of esters is 1. The molecule has 1 atom stereocenters. The van der Waals surface area contributed by atoms with E-state index in [1.54, 1.807) is 24.3 Å². The summed E-state index contributed by atoms with van der Waals surface area (Å²) >= 11 is 7.55. The summed E-state index contributed by atoms with van der Waals surface area (Å²) in [6, 6.07) is 6.78. The predicted octanol–water partition coefficient (Wildman–Crippen LogP) is 2.95. The van der Waals surface area contributed by atoms with E-state index in [1.165, 1.54) is 18.4 Å². The van der Waals surface area contributed by atoms with Crippen LogP contribution in [0.5, 0.6) is 0 Å². The quantitative estimate of drug-likeness (QED) is 0.574. The van der Waals surface area contributed by atoms with Gasteiger partial charge < -0.3 is 15.8 Å². The van der Waals surface area contributed by atoms with Crippen LogP contribution in [0.2, 0.25) is 5.02 Å². The van der Waals surface area contributed by atoms with Crippen molar-refractivity contribution in [3.8, 4) is 0 Å². The van der Waals surface area contributed by atoms with Crippen molar-refractivity contribution in [3.63, 3.8) is 0 Å². The number of benzene rings is 1. The maximum Gasteiger partial charge on any atom is 0.309 e. The molecule has 0 radical (unpaired) electrons. The van der Waals surface area contributed by atoms with Gasteiger partial charge in [0, 0.05) is 10.4 Å². The molecular weight excluding hydrogens is 400 g/mol. The van der Waals surface area contributed by atoms with E-state index in [2.05, 4.69) is 5.32 Å². The molecule has 6 nitrogen and oxygen atoms in total. The highest BCUT2D eigenvalue weighted by atomic mass is 35.5. The highest BCUT2D eigenvalue weighted by Crippen LogP contribution is 2.44. The van der Waals surface area contributed by atoms with Gasteiger partial charge in [0.25, 0.3) is 0 Å². The average molecular weight is 419 g/mol. The fraction of sp³-hybridized carbons (Fsp3) is 0.350. The van der Waals surface area contributed by atoms with Crippen molar-refractivity contribution in [3.05, 3.63) is 50.9 Å². The van der Waals surface area contributed by atoms with Crippen LogP contribution in [0.4, 0.5) is 5.00 Å². The highest BCUT2D eigenvalue weighted by Gasteiger charge is 2.47. The van der Waals surface area contributed by atoms with E-state index in [0.717, 1.165) is 10.4 Å². The number of carbonyl (C=O) groups excluding carboxylic acids is 3. The van der Waals surface area contributed by atoms with E-state index in [9.17, 15) is 14.4 Å². The lowest BCUT2D eigenvalue weighted by molar-refractivity contribution is -0.145. The average Bonchev–Trinajstić information content (AvgIpc) is 3.17. The van der Waals surface area contributed by atoms with Crippen molar-refractivity contribution in [1.82, 2.24) is 0 Å². The summed E-state index contributed by atoms with van der Waals surface area (Å²) in [5.41, 5.74) is 6.68. The van der Waals surface area contributed by atoms with Crippen LogP contribution in [-0.4, -0.2) is 30.3 Å². The maximum atomic E-state index is 13.3. The Morgan fingerprint density at radius 2 is 1.96 bits per heavy atom. The first-order chi connectivity index (χ1) is 13.3. The minimum Gasteiger partial charge on any atom is -0.469 e. The molecule has 0 bridgehead atoms. The molecule has 8 heteroatoms. The Hall–Kier alpha value is -2.22. The van der Waals surface area contributed by atoms with E-state index in [1.807, 2.05) is 0 Å². The molecule has 0 spiro atoms. The zero-order valence-corrected chi connectivity index (χ0v) is 16.8. The lowest BCUT2D eigenvalue weighted by Gasteiger charge is -2.13. The number of fused-ring (bicyclic) bond motifs is 1. The zero-order valence-electron chi connectivity index (χ0n) is 15.2. The number of hydrogen-bond donors (Lipinski definition) is 2. The van der Waals surface area contributed by atoms with Crippen LogP contribution in [0.1, 0.15) is 39.2 Å². The third kappa shape index (κ3) is 3.23. The van der Waals surface area contributed by atoms with Crippen molar-refractivity contribution in [2.75, 3.05) is 12.4 Å². The van der Waals surface area contributed by atoms with Crippen molar-refractivity contribution in [2.24, 2.45) is 11.7 Å². The fourth-order valence-electron chi connectivity index (χ4n) is 3.47. The summed E-state index contributed by atoms with van der Waals surface area (Å²) in [5, 5.41) is 3.65. The molecule has 1 fully saturated rings. The molecule has 3 N–H and O–H groups in total. The number of hydrogen-bond acceptors (Lipinski definition) is 6. The Balaban J connectivity index is 1.74. The summed E-state index contributed by atoms with van der Waals surface area (Å²) < 4.78 is 4.86. The molecule has 0 aliphatic heterocycles. The molecule has 2 aliphatic carbocycles. The Labute approximate surface area is 171 Å². The summed E-state index contributed by atoms with van der Waals surface area (Å²) in [6.45, 7) is 0. The number of carbonyl (C=O) groups is 3. The lowest BCUT2D eigenvalue weighted by Crippen LogP contribution is -2.38. The molecule has 1 aromatic heterocycles. The number of ketones is 1. The third-order valence-electron chi connectivity index (χ3n) is 5.32. The molecule has 28 heavy (non-hydrogen) atoms. The summed E-state index contributed by atoms with van der Waals surface area (Å²) in [7, 11) is 1.35. The Bertz CT molecular complexity index is 996. The predicted molar refractivity (Wildman–Crippen MR) is 107 cm³/mol. The largest absolute Gasteiger partial charge is 0.469 e. The fourth-order valence-corrected chi connectivity index (χ4v) is 4.99. The third-order valence-corrected chi connectivity index (χ3v) is 6.82. The highest BCUT2D eigenvalue weighted by molar-refractivity contribution is 7.17. The molecule has 1 unspecified atom stereocenters. The van der Waals surface area contributed by atoms with Gasteiger partial charge in [-0.1, -0.05) is 23.7 Å². The van der Waals surface area contributed by atoms with Gasteiger partial charge in [-0.05, 0) is 43.4 Å².